The Labute approximate surface area is 101 Å². The van der Waals surface area contributed by atoms with Crippen LogP contribution in [0.2, 0.25) is 0 Å². The Morgan fingerprint density at radius 1 is 1.19 bits per heavy atom. The average Bonchev–Trinajstić information content (AvgIpc) is 2.68. The van der Waals surface area contributed by atoms with E-state index in [1.807, 2.05) is 0 Å². The van der Waals surface area contributed by atoms with Crippen LogP contribution in [0.3, 0.4) is 0 Å². The Kier molecular flexibility index (Phi) is 2.68. The minimum absolute atomic E-state index is 0.774. The molecule has 2 atom stereocenters. The van der Waals surface area contributed by atoms with Gasteiger partial charge in [-0.3, -0.25) is 0 Å². The van der Waals surface area contributed by atoms with Gasteiger partial charge >= 0.3 is 0 Å². The molecule has 1 aromatic carbocycles. The quantitative estimate of drug-likeness (QED) is 0.768. The van der Waals surface area contributed by atoms with Crippen LogP contribution >= 0.6 is 11.8 Å². The Hall–Kier alpha value is -0.890. The van der Waals surface area contributed by atoms with Gasteiger partial charge in [-0.15, -0.1) is 0 Å². The lowest BCUT2D eigenvalue weighted by Crippen LogP contribution is -2.05. The van der Waals surface area contributed by atoms with E-state index >= 15 is 0 Å². The van der Waals surface area contributed by atoms with Gasteiger partial charge in [0.1, 0.15) is 5.75 Å². The van der Waals surface area contributed by atoms with Crippen LogP contribution in [0.15, 0.2) is 30.3 Å². The third-order valence-electron chi connectivity index (χ3n) is 3.44. The summed E-state index contributed by atoms with van der Waals surface area (Å²) in [7, 11) is 1.71. The molecule has 0 unspecified atom stereocenters. The van der Waals surface area contributed by atoms with E-state index in [1.54, 1.807) is 7.11 Å². The van der Waals surface area contributed by atoms with E-state index in [2.05, 4.69) is 42.1 Å². The fraction of sp³-hybridized carbons (Fsp3) is 0.429. The molecule has 0 aliphatic carbocycles. The number of fused-ring (bicyclic) bond motifs is 2. The predicted octanol–water partition coefficient (Wildman–Crippen LogP) is 3.75. The van der Waals surface area contributed by atoms with Gasteiger partial charge in [0.15, 0.2) is 0 Å². The summed E-state index contributed by atoms with van der Waals surface area (Å²) in [6.07, 6.45) is 6.48. The second kappa shape index (κ2) is 4.17. The van der Waals surface area contributed by atoms with Crippen molar-refractivity contribution in [3.8, 4) is 5.75 Å². The minimum atomic E-state index is 0.774. The summed E-state index contributed by atoms with van der Waals surface area (Å²) in [6, 6.07) is 8.47. The van der Waals surface area contributed by atoms with Crippen LogP contribution in [0, 0.1) is 0 Å². The van der Waals surface area contributed by atoms with Crippen molar-refractivity contribution >= 4 is 17.3 Å². The molecule has 0 N–H and O–H groups in total. The standard InChI is InChI=1S/C14H16OS/c1-15-12-4-2-10(3-5-12)11-8-13-6-7-14(9-11)16-13/h2-5,8,13-14H,6-7,9H2,1H3/t13-,14+/m0/s1. The number of rotatable bonds is 2. The molecule has 2 heterocycles. The predicted molar refractivity (Wildman–Crippen MR) is 70.0 cm³/mol. The largest absolute Gasteiger partial charge is 0.497 e. The van der Waals surface area contributed by atoms with Gasteiger partial charge in [0.25, 0.3) is 0 Å². The first kappa shape index (κ1) is 10.3. The lowest BCUT2D eigenvalue weighted by atomic mass is 10.0. The molecular formula is C14H16OS. The topological polar surface area (TPSA) is 9.23 Å². The van der Waals surface area contributed by atoms with Crippen LogP contribution in [0.5, 0.6) is 5.75 Å². The monoisotopic (exact) mass is 232 g/mol. The summed E-state index contributed by atoms with van der Waals surface area (Å²) >= 11 is 2.16. The first-order valence-corrected chi connectivity index (χ1v) is 6.80. The molecule has 0 aromatic heterocycles. The molecule has 2 heteroatoms. The maximum atomic E-state index is 5.19. The number of allylic oxidation sites excluding steroid dienone is 1. The van der Waals surface area contributed by atoms with Crippen LogP contribution in [-0.4, -0.2) is 17.6 Å². The highest BCUT2D eigenvalue weighted by atomic mass is 32.2. The number of thioether (sulfide) groups is 1. The van der Waals surface area contributed by atoms with Gasteiger partial charge in [0.05, 0.1) is 7.11 Å². The Bertz CT molecular complexity index is 407. The molecule has 0 saturated carbocycles. The zero-order valence-corrected chi connectivity index (χ0v) is 10.3. The first-order chi connectivity index (χ1) is 7.85. The molecule has 1 nitrogen and oxygen atoms in total. The summed E-state index contributed by atoms with van der Waals surface area (Å²) in [6.45, 7) is 0. The fourth-order valence-corrected chi connectivity index (χ4v) is 4.12. The molecular weight excluding hydrogens is 216 g/mol. The smallest absolute Gasteiger partial charge is 0.118 e. The molecule has 84 valence electrons. The number of benzene rings is 1. The second-order valence-corrected chi connectivity index (χ2v) is 6.04. The van der Waals surface area contributed by atoms with Crippen LogP contribution in [0.25, 0.3) is 5.57 Å². The Morgan fingerprint density at radius 3 is 2.69 bits per heavy atom. The third kappa shape index (κ3) is 1.86. The number of ether oxygens (including phenoxy) is 1. The highest BCUT2D eigenvalue weighted by Crippen LogP contribution is 2.45. The lowest BCUT2D eigenvalue weighted by Gasteiger charge is -2.19. The molecule has 2 aliphatic heterocycles. The SMILES string of the molecule is COc1ccc(C2=C[C@@H]3CC[C@H](C2)S3)cc1. The van der Waals surface area contributed by atoms with Crippen molar-refractivity contribution < 1.29 is 4.74 Å². The zero-order valence-electron chi connectivity index (χ0n) is 9.48. The maximum Gasteiger partial charge on any atom is 0.118 e. The van der Waals surface area contributed by atoms with Crippen molar-refractivity contribution in [1.29, 1.82) is 0 Å². The Balaban J connectivity index is 1.86. The van der Waals surface area contributed by atoms with E-state index in [0.717, 1.165) is 16.2 Å². The highest BCUT2D eigenvalue weighted by molar-refractivity contribution is 8.01. The normalized spacial score (nSPS) is 27.7. The van der Waals surface area contributed by atoms with Crippen LogP contribution in [-0.2, 0) is 0 Å². The van der Waals surface area contributed by atoms with Crippen molar-refractivity contribution in [2.24, 2.45) is 0 Å². The molecule has 0 radical (unpaired) electrons. The van der Waals surface area contributed by atoms with E-state index in [1.165, 1.54) is 30.4 Å². The third-order valence-corrected chi connectivity index (χ3v) is 4.94. The molecule has 2 aliphatic rings. The van der Waals surface area contributed by atoms with Crippen molar-refractivity contribution in [3.05, 3.63) is 35.9 Å². The average molecular weight is 232 g/mol. The van der Waals surface area contributed by atoms with Crippen molar-refractivity contribution in [2.45, 2.75) is 29.8 Å². The molecule has 2 bridgehead atoms. The summed E-state index contributed by atoms with van der Waals surface area (Å²) in [5.74, 6) is 0.942. The van der Waals surface area contributed by atoms with E-state index in [4.69, 9.17) is 4.74 Å². The molecule has 1 saturated heterocycles. The number of hydrogen-bond donors (Lipinski definition) is 0. The maximum absolute atomic E-state index is 5.19. The molecule has 0 amide bonds. The van der Waals surface area contributed by atoms with E-state index in [-0.39, 0.29) is 0 Å². The number of methoxy groups -OCH3 is 1. The van der Waals surface area contributed by atoms with Crippen molar-refractivity contribution in [2.75, 3.05) is 7.11 Å². The minimum Gasteiger partial charge on any atom is -0.497 e. The van der Waals surface area contributed by atoms with Crippen molar-refractivity contribution in [3.63, 3.8) is 0 Å². The molecule has 1 fully saturated rings. The van der Waals surface area contributed by atoms with Crippen LogP contribution in [0.4, 0.5) is 0 Å². The zero-order chi connectivity index (χ0) is 11.0. The summed E-state index contributed by atoms with van der Waals surface area (Å²) in [5, 5.41) is 1.64. The molecule has 1 aromatic rings. The van der Waals surface area contributed by atoms with E-state index < -0.39 is 0 Å². The molecule has 0 spiro atoms. The van der Waals surface area contributed by atoms with Gasteiger partial charge in [-0.1, -0.05) is 18.2 Å². The molecule has 3 rings (SSSR count). The highest BCUT2D eigenvalue weighted by Gasteiger charge is 2.29. The van der Waals surface area contributed by atoms with Gasteiger partial charge in [0, 0.05) is 10.5 Å². The fourth-order valence-electron chi connectivity index (χ4n) is 2.56. The summed E-state index contributed by atoms with van der Waals surface area (Å²) < 4.78 is 5.19. The van der Waals surface area contributed by atoms with Gasteiger partial charge in [0.2, 0.25) is 0 Å². The number of hydrogen-bond acceptors (Lipinski definition) is 2. The first-order valence-electron chi connectivity index (χ1n) is 5.86. The van der Waals surface area contributed by atoms with E-state index in [9.17, 15) is 0 Å². The van der Waals surface area contributed by atoms with E-state index in [0.29, 0.717) is 0 Å². The van der Waals surface area contributed by atoms with Gasteiger partial charge in [-0.2, -0.15) is 11.8 Å². The lowest BCUT2D eigenvalue weighted by molar-refractivity contribution is 0.415. The molecule has 16 heavy (non-hydrogen) atoms. The van der Waals surface area contributed by atoms with Gasteiger partial charge < -0.3 is 4.74 Å². The van der Waals surface area contributed by atoms with Crippen LogP contribution < -0.4 is 4.74 Å². The van der Waals surface area contributed by atoms with Crippen LogP contribution in [0.1, 0.15) is 24.8 Å². The Morgan fingerprint density at radius 2 is 2.00 bits per heavy atom. The second-order valence-electron chi connectivity index (χ2n) is 4.50. The summed E-state index contributed by atoms with van der Waals surface area (Å²) in [5.41, 5.74) is 2.91. The van der Waals surface area contributed by atoms with Gasteiger partial charge in [-0.05, 0) is 42.5 Å². The van der Waals surface area contributed by atoms with Crippen molar-refractivity contribution in [1.82, 2.24) is 0 Å². The summed E-state index contributed by atoms with van der Waals surface area (Å²) in [4.78, 5) is 0. The van der Waals surface area contributed by atoms with Gasteiger partial charge in [-0.25, -0.2) is 0 Å².